The number of nitrogens with one attached hydrogen (secondary N) is 4. The van der Waals surface area contributed by atoms with Crippen molar-refractivity contribution in [3.8, 4) is 17.1 Å². The van der Waals surface area contributed by atoms with Crippen molar-refractivity contribution >= 4 is 23.6 Å². The molecular weight excluding hydrogens is 590 g/mol. The highest BCUT2D eigenvalue weighted by Crippen LogP contribution is 2.20. The Morgan fingerprint density at radius 1 is 1.00 bits per heavy atom. The summed E-state index contributed by atoms with van der Waals surface area (Å²) < 4.78 is 12.8. The first-order valence-electron chi connectivity index (χ1n) is 15.7. The fourth-order valence-corrected chi connectivity index (χ4v) is 5.42. The quantitative estimate of drug-likeness (QED) is 0.338. The minimum absolute atomic E-state index is 0.124. The Morgan fingerprint density at radius 3 is 2.46 bits per heavy atom. The number of hydrogen-bond donors (Lipinski definition) is 4. The van der Waals surface area contributed by atoms with Gasteiger partial charge >= 0.3 is 0 Å². The maximum Gasteiger partial charge on any atom is 0.249 e. The van der Waals surface area contributed by atoms with Gasteiger partial charge in [-0.3, -0.25) is 19.2 Å². The number of carbonyl (C=O) groups is 4. The summed E-state index contributed by atoms with van der Waals surface area (Å²) in [6, 6.07) is 14.0. The molecule has 0 spiro atoms. The number of nitrogens with zero attached hydrogens (tertiary/aromatic N) is 3. The Labute approximate surface area is 267 Å². The van der Waals surface area contributed by atoms with Crippen LogP contribution in [0.2, 0.25) is 0 Å². The molecule has 4 N–H and O–H groups in total. The maximum absolute atomic E-state index is 13.7. The Balaban J connectivity index is 1.43. The fourth-order valence-electron chi connectivity index (χ4n) is 5.42. The smallest absolute Gasteiger partial charge is 0.249 e. The summed E-state index contributed by atoms with van der Waals surface area (Å²) in [5.41, 5.74) is 1.55. The molecule has 2 bridgehead atoms. The minimum atomic E-state index is -0.952. The zero-order valence-electron chi connectivity index (χ0n) is 26.3. The van der Waals surface area contributed by atoms with Crippen molar-refractivity contribution in [3.05, 3.63) is 66.0 Å². The summed E-state index contributed by atoms with van der Waals surface area (Å²) >= 11 is 0. The summed E-state index contributed by atoms with van der Waals surface area (Å²) in [4.78, 5) is 58.0. The van der Waals surface area contributed by atoms with Crippen molar-refractivity contribution in [2.45, 2.75) is 70.8 Å². The van der Waals surface area contributed by atoms with E-state index in [9.17, 15) is 19.2 Å². The predicted molar refractivity (Wildman–Crippen MR) is 168 cm³/mol. The minimum Gasteiger partial charge on any atom is -0.492 e. The van der Waals surface area contributed by atoms with Gasteiger partial charge in [0.15, 0.2) is 5.82 Å². The normalized spacial score (nSPS) is 23.1. The molecule has 3 aliphatic rings. The van der Waals surface area contributed by atoms with Crippen molar-refractivity contribution < 1.29 is 28.7 Å². The second-order valence-electron chi connectivity index (χ2n) is 11.9. The third kappa shape index (κ3) is 8.27. The van der Waals surface area contributed by atoms with Gasteiger partial charge in [0.25, 0.3) is 0 Å². The summed E-state index contributed by atoms with van der Waals surface area (Å²) in [5, 5.41) is 16.1. The second-order valence-corrected chi connectivity index (χ2v) is 11.9. The van der Waals surface area contributed by atoms with Crippen LogP contribution in [0.25, 0.3) is 11.4 Å². The summed E-state index contributed by atoms with van der Waals surface area (Å²) in [6.07, 6.45) is 0.926. The van der Waals surface area contributed by atoms with Crippen LogP contribution in [0.15, 0.2) is 54.6 Å². The van der Waals surface area contributed by atoms with E-state index in [0.717, 1.165) is 17.5 Å². The molecule has 244 valence electrons. The van der Waals surface area contributed by atoms with E-state index in [-0.39, 0.29) is 43.8 Å². The summed E-state index contributed by atoms with van der Waals surface area (Å²) in [6.45, 7) is 6.26. The third-order valence-electron chi connectivity index (χ3n) is 7.93. The van der Waals surface area contributed by atoms with Crippen LogP contribution < -0.4 is 26.0 Å². The van der Waals surface area contributed by atoms with Crippen LogP contribution in [0.1, 0.15) is 51.0 Å². The van der Waals surface area contributed by atoms with Gasteiger partial charge in [-0.2, -0.15) is 5.10 Å². The van der Waals surface area contributed by atoms with Crippen molar-refractivity contribution in [2.75, 3.05) is 19.8 Å². The monoisotopic (exact) mass is 631 g/mol. The highest BCUT2D eigenvalue weighted by molar-refractivity contribution is 5.93. The lowest BCUT2D eigenvalue weighted by Gasteiger charge is -2.27. The molecular formula is C33H41N7O6. The Hall–Kier alpha value is -4.78. The van der Waals surface area contributed by atoms with E-state index in [0.29, 0.717) is 30.4 Å². The van der Waals surface area contributed by atoms with Crippen LogP contribution in [0.4, 0.5) is 0 Å². The number of ether oxygens (including phenoxy) is 2. The van der Waals surface area contributed by atoms with E-state index in [4.69, 9.17) is 9.47 Å². The molecule has 1 fully saturated rings. The lowest BCUT2D eigenvalue weighted by Crippen LogP contribution is -2.57. The highest BCUT2D eigenvalue weighted by Gasteiger charge is 2.33. The van der Waals surface area contributed by atoms with E-state index in [1.54, 1.807) is 19.1 Å². The molecule has 6 rings (SSSR count). The first-order chi connectivity index (χ1) is 22.2. The van der Waals surface area contributed by atoms with Crippen LogP contribution in [0.5, 0.6) is 5.75 Å². The first kappa shape index (κ1) is 32.6. The average molecular weight is 632 g/mol. The van der Waals surface area contributed by atoms with Crippen molar-refractivity contribution in [1.82, 2.24) is 36.0 Å². The van der Waals surface area contributed by atoms with Crippen LogP contribution >= 0.6 is 0 Å². The van der Waals surface area contributed by atoms with Crippen LogP contribution in [-0.4, -0.2) is 76.3 Å². The van der Waals surface area contributed by atoms with E-state index in [2.05, 4.69) is 31.3 Å². The Bertz CT molecular complexity index is 1520. The average Bonchev–Trinajstić information content (AvgIpc) is 3.73. The van der Waals surface area contributed by atoms with Gasteiger partial charge in [0, 0.05) is 18.6 Å². The number of aromatic nitrogens is 3. The molecule has 13 nitrogen and oxygen atoms in total. The number of carbonyl (C=O) groups excluding carboxylic acids is 4. The number of rotatable bonds is 4. The van der Waals surface area contributed by atoms with Gasteiger partial charge in [-0.05, 0) is 43.4 Å². The van der Waals surface area contributed by atoms with Crippen molar-refractivity contribution in [2.24, 2.45) is 5.92 Å². The van der Waals surface area contributed by atoms with Gasteiger partial charge in [0.05, 0.1) is 12.6 Å². The van der Waals surface area contributed by atoms with Gasteiger partial charge in [-0.1, -0.05) is 56.3 Å². The number of amides is 4. The van der Waals surface area contributed by atoms with Gasteiger partial charge < -0.3 is 30.7 Å². The summed E-state index contributed by atoms with van der Waals surface area (Å²) in [7, 11) is 0. The van der Waals surface area contributed by atoms with E-state index >= 15 is 0 Å². The van der Waals surface area contributed by atoms with E-state index in [1.807, 2.05) is 56.3 Å². The molecule has 46 heavy (non-hydrogen) atoms. The molecule has 3 aliphatic heterocycles. The van der Waals surface area contributed by atoms with E-state index < -0.39 is 36.0 Å². The molecule has 0 radical (unpaired) electrons. The molecule has 0 unspecified atom stereocenters. The molecule has 4 amide bonds. The first-order valence-corrected chi connectivity index (χ1v) is 15.7. The molecule has 3 aromatic rings. The van der Waals surface area contributed by atoms with Gasteiger partial charge in [0.2, 0.25) is 23.6 Å². The van der Waals surface area contributed by atoms with Gasteiger partial charge in [-0.15, -0.1) is 0 Å². The number of benzene rings is 2. The molecule has 0 saturated carbocycles. The van der Waals surface area contributed by atoms with Crippen LogP contribution in [-0.2, 0) is 36.9 Å². The fraction of sp³-hybridized carbons (Fsp3) is 0.455. The number of hydrogen-bond acceptors (Lipinski definition) is 8. The van der Waals surface area contributed by atoms with Crippen molar-refractivity contribution in [1.29, 1.82) is 0 Å². The molecule has 0 aliphatic carbocycles. The Morgan fingerprint density at radius 2 is 1.76 bits per heavy atom. The molecule has 4 atom stereocenters. The molecule has 1 aromatic heterocycles. The topological polar surface area (TPSA) is 166 Å². The molecule has 1 saturated heterocycles. The van der Waals surface area contributed by atoms with Gasteiger partial charge in [0.1, 0.15) is 42.9 Å². The largest absolute Gasteiger partial charge is 0.492 e. The standard InChI is InChI=1S/C33H41N7O6/c1-20(2)28-33(44)35-21(3)30-38-29(23-8-5-4-6-9-23)39-40(30)19-27(41)34-15-17-45-24-13-11-22(12-14-24)18-25(31(42)37-28)36-32(43)26-10-7-16-46-26/h4-6,8-9,11-14,20-21,25-26,28H,7,10,15-19H2,1-3H3,(H,34,41)(H,35,44)(H,36,43)(H,37,42)/t21-,25-,26+,28+/m0/s1. The van der Waals surface area contributed by atoms with Crippen LogP contribution in [0.3, 0.4) is 0 Å². The third-order valence-corrected chi connectivity index (χ3v) is 7.93. The van der Waals surface area contributed by atoms with Gasteiger partial charge in [-0.25, -0.2) is 9.67 Å². The molecule has 4 heterocycles. The van der Waals surface area contributed by atoms with Crippen molar-refractivity contribution in [3.63, 3.8) is 0 Å². The number of fused-ring (bicyclic) bond motifs is 14. The zero-order valence-corrected chi connectivity index (χ0v) is 26.3. The molecule has 2 aromatic carbocycles. The lowest BCUT2D eigenvalue weighted by molar-refractivity contribution is -0.136. The lowest BCUT2D eigenvalue weighted by atomic mass is 10.00. The molecule has 13 heteroatoms. The van der Waals surface area contributed by atoms with E-state index in [1.165, 1.54) is 4.68 Å². The highest BCUT2D eigenvalue weighted by atomic mass is 16.5. The SMILES string of the molecule is CC(C)[C@H]1NC(=O)[C@@H](NC(=O)[C@H]2CCCO2)Cc2ccc(cc2)OCCNC(=O)Cn2nc(-c3ccccc3)nc2[C@H](C)NC1=O. The summed E-state index contributed by atoms with van der Waals surface area (Å²) in [5.74, 6) is -0.485. The maximum atomic E-state index is 13.7. The Kier molecular flexibility index (Phi) is 10.6. The second kappa shape index (κ2) is 15.0. The zero-order chi connectivity index (χ0) is 32.6. The van der Waals surface area contributed by atoms with Crippen LogP contribution in [0, 0.1) is 5.92 Å². The predicted octanol–water partition coefficient (Wildman–Crippen LogP) is 1.68.